The molecular weight excluding hydrogens is 348 g/mol. The molecule has 0 heterocycles. The predicted octanol–water partition coefficient (Wildman–Crippen LogP) is 4.14. The van der Waals surface area contributed by atoms with Crippen molar-refractivity contribution in [2.45, 2.75) is 32.8 Å². The van der Waals surface area contributed by atoms with E-state index in [9.17, 15) is 9.59 Å². The van der Waals surface area contributed by atoms with Crippen molar-refractivity contribution in [3.8, 4) is 11.5 Å². The van der Waals surface area contributed by atoms with Gasteiger partial charge in [-0.1, -0.05) is 12.1 Å². The van der Waals surface area contributed by atoms with E-state index in [1.807, 2.05) is 19.9 Å². The molecule has 0 aliphatic rings. The fourth-order valence-electron chi connectivity index (χ4n) is 2.45. The smallest absolute Gasteiger partial charge is 0.323 e. The van der Waals surface area contributed by atoms with Gasteiger partial charge in [-0.25, -0.2) is 4.79 Å². The Bertz CT molecular complexity index is 805. The molecule has 2 aromatic carbocycles. The zero-order valence-corrected chi connectivity index (χ0v) is 15.6. The van der Waals surface area contributed by atoms with Gasteiger partial charge in [-0.15, -0.1) is 0 Å². The number of rotatable bonds is 8. The van der Waals surface area contributed by atoms with Gasteiger partial charge < -0.3 is 25.2 Å². The molecule has 7 nitrogen and oxygen atoms in total. The largest absolute Gasteiger partial charge is 0.493 e. The summed E-state index contributed by atoms with van der Waals surface area (Å²) in [4.78, 5) is 22.9. The van der Waals surface area contributed by atoms with Crippen LogP contribution in [-0.2, 0) is 11.2 Å². The highest BCUT2D eigenvalue weighted by molar-refractivity contribution is 6.00. The van der Waals surface area contributed by atoms with Gasteiger partial charge in [0.2, 0.25) is 0 Å². The number of ether oxygens (including phenoxy) is 2. The highest BCUT2D eigenvalue weighted by Crippen LogP contribution is 2.31. The van der Waals surface area contributed by atoms with Gasteiger partial charge in [0.05, 0.1) is 13.2 Å². The summed E-state index contributed by atoms with van der Waals surface area (Å²) >= 11 is 0. The molecule has 0 spiro atoms. The summed E-state index contributed by atoms with van der Waals surface area (Å²) < 4.78 is 11.0. The van der Waals surface area contributed by atoms with Crippen LogP contribution in [0, 0.1) is 0 Å². The number of aliphatic carboxylic acids is 1. The summed E-state index contributed by atoms with van der Waals surface area (Å²) in [5, 5.41) is 14.2. The number of urea groups is 1. The van der Waals surface area contributed by atoms with E-state index in [-0.39, 0.29) is 12.5 Å². The van der Waals surface area contributed by atoms with Crippen molar-refractivity contribution in [1.82, 2.24) is 0 Å². The van der Waals surface area contributed by atoms with Crippen molar-refractivity contribution in [2.24, 2.45) is 0 Å². The Labute approximate surface area is 158 Å². The lowest BCUT2D eigenvalue weighted by Gasteiger charge is -2.15. The quantitative estimate of drug-likeness (QED) is 0.647. The van der Waals surface area contributed by atoms with Crippen molar-refractivity contribution in [2.75, 3.05) is 17.7 Å². The second kappa shape index (κ2) is 9.47. The van der Waals surface area contributed by atoms with Crippen LogP contribution >= 0.6 is 0 Å². The van der Waals surface area contributed by atoms with E-state index < -0.39 is 12.0 Å². The highest BCUT2D eigenvalue weighted by Gasteiger charge is 2.10. The van der Waals surface area contributed by atoms with Crippen LogP contribution < -0.4 is 20.1 Å². The monoisotopic (exact) mass is 372 g/mol. The third-order valence-electron chi connectivity index (χ3n) is 3.60. The average Bonchev–Trinajstić information content (AvgIpc) is 2.61. The molecule has 0 aliphatic carbocycles. The third kappa shape index (κ3) is 6.54. The number of nitrogens with one attached hydrogen (secondary N) is 2. The second-order valence-corrected chi connectivity index (χ2v) is 6.21. The molecule has 0 saturated heterocycles. The van der Waals surface area contributed by atoms with E-state index in [0.29, 0.717) is 29.3 Å². The average molecular weight is 372 g/mol. The Kier molecular flexibility index (Phi) is 7.05. The van der Waals surface area contributed by atoms with Gasteiger partial charge in [-0.2, -0.15) is 0 Å². The summed E-state index contributed by atoms with van der Waals surface area (Å²) in [5.41, 5.74) is 1.98. The van der Waals surface area contributed by atoms with Crippen molar-refractivity contribution in [3.63, 3.8) is 0 Å². The van der Waals surface area contributed by atoms with E-state index in [1.54, 1.807) is 36.4 Å². The van der Waals surface area contributed by atoms with Crippen LogP contribution in [0.2, 0.25) is 0 Å². The molecule has 2 amide bonds. The van der Waals surface area contributed by atoms with Gasteiger partial charge in [-0.05, 0) is 50.1 Å². The SMILES string of the molecule is COc1cc(NC(=O)Nc2cccc(CCC(=O)O)c2)ccc1OC(C)C. The van der Waals surface area contributed by atoms with Gasteiger partial charge in [0.15, 0.2) is 11.5 Å². The molecule has 0 aliphatic heterocycles. The lowest BCUT2D eigenvalue weighted by Crippen LogP contribution is -2.19. The van der Waals surface area contributed by atoms with E-state index >= 15 is 0 Å². The van der Waals surface area contributed by atoms with Crippen LogP contribution in [-0.4, -0.2) is 30.3 Å². The molecular formula is C20H24N2O5. The van der Waals surface area contributed by atoms with Gasteiger partial charge in [0.1, 0.15) is 0 Å². The topological polar surface area (TPSA) is 96.9 Å². The maximum atomic E-state index is 12.2. The number of benzene rings is 2. The maximum absolute atomic E-state index is 12.2. The number of amides is 2. The minimum Gasteiger partial charge on any atom is -0.493 e. The molecule has 0 bridgehead atoms. The lowest BCUT2D eigenvalue weighted by molar-refractivity contribution is -0.136. The minimum atomic E-state index is -0.857. The normalized spacial score (nSPS) is 10.4. The molecule has 7 heteroatoms. The van der Waals surface area contributed by atoms with Crippen molar-refractivity contribution >= 4 is 23.4 Å². The van der Waals surface area contributed by atoms with E-state index in [4.69, 9.17) is 14.6 Å². The molecule has 0 saturated carbocycles. The Morgan fingerprint density at radius 3 is 2.37 bits per heavy atom. The number of hydrogen-bond donors (Lipinski definition) is 3. The van der Waals surface area contributed by atoms with Gasteiger partial charge in [0, 0.05) is 23.9 Å². The predicted molar refractivity (Wildman–Crippen MR) is 104 cm³/mol. The number of carboxylic acid groups (broad SMARTS) is 1. The molecule has 0 fully saturated rings. The van der Waals surface area contributed by atoms with Crippen LogP contribution in [0.25, 0.3) is 0 Å². The minimum absolute atomic E-state index is 0.00871. The standard InChI is InChI=1S/C20H24N2O5/c1-13(2)27-17-9-8-16(12-18(17)26-3)22-20(25)21-15-6-4-5-14(11-15)7-10-19(23)24/h4-6,8-9,11-13H,7,10H2,1-3H3,(H,23,24)(H2,21,22,25). The van der Waals surface area contributed by atoms with Crippen molar-refractivity contribution < 1.29 is 24.2 Å². The van der Waals surface area contributed by atoms with Gasteiger partial charge in [0.25, 0.3) is 0 Å². The summed E-state index contributed by atoms with van der Waals surface area (Å²) in [7, 11) is 1.54. The number of aryl methyl sites for hydroxylation is 1. The van der Waals surface area contributed by atoms with Crippen LogP contribution in [0.5, 0.6) is 11.5 Å². The Balaban J connectivity index is 2.01. The van der Waals surface area contributed by atoms with Crippen LogP contribution in [0.4, 0.5) is 16.2 Å². The Morgan fingerprint density at radius 1 is 1.04 bits per heavy atom. The molecule has 0 aromatic heterocycles. The zero-order chi connectivity index (χ0) is 19.8. The first-order chi connectivity index (χ1) is 12.9. The number of carbonyl (C=O) groups excluding carboxylic acids is 1. The summed E-state index contributed by atoms with van der Waals surface area (Å²) in [6, 6.07) is 11.8. The molecule has 0 unspecified atom stereocenters. The Hall–Kier alpha value is -3.22. The van der Waals surface area contributed by atoms with E-state index in [0.717, 1.165) is 5.56 Å². The van der Waals surface area contributed by atoms with Crippen LogP contribution in [0.3, 0.4) is 0 Å². The summed E-state index contributed by atoms with van der Waals surface area (Å²) in [6.07, 6.45) is 0.454. The number of carboxylic acids is 1. The first kappa shape index (κ1) is 20.1. The van der Waals surface area contributed by atoms with Crippen molar-refractivity contribution in [3.05, 3.63) is 48.0 Å². The van der Waals surface area contributed by atoms with Crippen LogP contribution in [0.15, 0.2) is 42.5 Å². The molecule has 0 atom stereocenters. The lowest BCUT2D eigenvalue weighted by atomic mass is 10.1. The fraction of sp³-hybridized carbons (Fsp3) is 0.300. The second-order valence-electron chi connectivity index (χ2n) is 6.21. The Morgan fingerprint density at radius 2 is 1.74 bits per heavy atom. The third-order valence-corrected chi connectivity index (χ3v) is 3.60. The van der Waals surface area contributed by atoms with E-state index in [1.165, 1.54) is 7.11 Å². The number of anilines is 2. The molecule has 0 radical (unpaired) electrons. The molecule has 2 aromatic rings. The first-order valence-corrected chi connectivity index (χ1v) is 8.61. The molecule has 3 N–H and O–H groups in total. The number of methoxy groups -OCH3 is 1. The fourth-order valence-corrected chi connectivity index (χ4v) is 2.45. The zero-order valence-electron chi connectivity index (χ0n) is 15.6. The summed E-state index contributed by atoms with van der Waals surface area (Å²) in [5.74, 6) is 0.270. The number of carbonyl (C=O) groups is 2. The summed E-state index contributed by atoms with van der Waals surface area (Å²) in [6.45, 7) is 3.84. The van der Waals surface area contributed by atoms with Crippen LogP contribution in [0.1, 0.15) is 25.8 Å². The molecule has 144 valence electrons. The van der Waals surface area contributed by atoms with Gasteiger partial charge >= 0.3 is 12.0 Å². The van der Waals surface area contributed by atoms with Gasteiger partial charge in [-0.3, -0.25) is 4.79 Å². The highest BCUT2D eigenvalue weighted by atomic mass is 16.5. The maximum Gasteiger partial charge on any atom is 0.323 e. The van der Waals surface area contributed by atoms with Crippen molar-refractivity contribution in [1.29, 1.82) is 0 Å². The number of hydrogen-bond acceptors (Lipinski definition) is 4. The molecule has 2 rings (SSSR count). The molecule has 27 heavy (non-hydrogen) atoms. The van der Waals surface area contributed by atoms with E-state index in [2.05, 4.69) is 10.6 Å². The first-order valence-electron chi connectivity index (χ1n) is 8.61.